The second-order valence-electron chi connectivity index (χ2n) is 6.59. The molecule has 0 amide bonds. The molecule has 2 aromatic carbocycles. The second kappa shape index (κ2) is 7.89. The van der Waals surface area contributed by atoms with Crippen LogP contribution in [0.3, 0.4) is 0 Å². The van der Waals surface area contributed by atoms with E-state index in [1.165, 1.54) is 16.7 Å². The highest BCUT2D eigenvalue weighted by atomic mass is 19.4. The molecule has 0 N–H and O–H groups in total. The van der Waals surface area contributed by atoms with Gasteiger partial charge in [0.25, 0.3) is 0 Å². The Kier molecular flexibility index (Phi) is 5.54. The maximum Gasteiger partial charge on any atom is 0.422 e. The number of halogens is 3. The molecule has 0 fully saturated rings. The maximum absolute atomic E-state index is 13.7. The predicted octanol–water partition coefficient (Wildman–Crippen LogP) is 5.27. The molecular weight excluding hydrogens is 363 g/mol. The molecule has 0 saturated heterocycles. The van der Waals surface area contributed by atoms with Crippen molar-refractivity contribution in [2.75, 3.05) is 21.2 Å². The summed E-state index contributed by atoms with van der Waals surface area (Å²) in [6.07, 6.45) is 0.0287. The van der Waals surface area contributed by atoms with Gasteiger partial charge in [-0.3, -0.25) is 0 Å². The van der Waals surface area contributed by atoms with Gasteiger partial charge in [-0.25, -0.2) is 4.58 Å². The van der Waals surface area contributed by atoms with Crippen LogP contribution < -0.4 is 4.74 Å². The van der Waals surface area contributed by atoms with E-state index in [-0.39, 0.29) is 5.71 Å². The number of alkyl halides is 3. The number of nitrogens with zero attached hydrogens (tertiary/aromatic N) is 1. The van der Waals surface area contributed by atoms with Crippen LogP contribution in [0.4, 0.5) is 13.2 Å². The van der Waals surface area contributed by atoms with Crippen LogP contribution in [-0.4, -0.2) is 37.7 Å². The molecule has 144 valence electrons. The normalized spacial score (nSPS) is 15.9. The van der Waals surface area contributed by atoms with Gasteiger partial charge in [0.2, 0.25) is 5.71 Å². The smallest absolute Gasteiger partial charge is 0.422 e. The molecule has 0 saturated carbocycles. The average Bonchev–Trinajstić information content (AvgIpc) is 2.69. The fourth-order valence-electron chi connectivity index (χ4n) is 3.17. The molecule has 0 bridgehead atoms. The van der Waals surface area contributed by atoms with Crippen LogP contribution >= 0.6 is 0 Å². The number of methoxy groups -OCH3 is 1. The predicted molar refractivity (Wildman–Crippen MR) is 106 cm³/mol. The van der Waals surface area contributed by atoms with Gasteiger partial charge in [0, 0.05) is 6.08 Å². The molecule has 0 atom stereocenters. The number of rotatable bonds is 3. The number of ether oxygens (including phenoxy) is 1. The van der Waals surface area contributed by atoms with E-state index in [2.05, 4.69) is 0 Å². The van der Waals surface area contributed by atoms with E-state index in [9.17, 15) is 13.2 Å². The Bertz CT molecular complexity index is 975. The lowest BCUT2D eigenvalue weighted by molar-refractivity contribution is -0.463. The summed E-state index contributed by atoms with van der Waals surface area (Å²) >= 11 is 0. The van der Waals surface area contributed by atoms with Crippen LogP contribution in [0.15, 0.2) is 84.0 Å². The van der Waals surface area contributed by atoms with Gasteiger partial charge in [-0.2, -0.15) is 13.2 Å². The molecule has 3 rings (SSSR count). The van der Waals surface area contributed by atoms with Crippen LogP contribution in [0.5, 0.6) is 5.75 Å². The molecule has 0 heterocycles. The Morgan fingerprint density at radius 3 is 2.00 bits per heavy atom. The summed E-state index contributed by atoms with van der Waals surface area (Å²) in [6, 6.07) is 16.7. The van der Waals surface area contributed by atoms with E-state index in [1.54, 1.807) is 39.4 Å². The Morgan fingerprint density at radius 1 is 0.857 bits per heavy atom. The highest BCUT2D eigenvalue weighted by Gasteiger charge is 2.41. The van der Waals surface area contributed by atoms with E-state index >= 15 is 0 Å². The van der Waals surface area contributed by atoms with Gasteiger partial charge in [-0.05, 0) is 46.6 Å². The first-order chi connectivity index (χ1) is 13.3. The van der Waals surface area contributed by atoms with Gasteiger partial charge in [0.05, 0.1) is 7.11 Å². The molecule has 2 aromatic rings. The SMILES string of the molecule is COc1ccc(/C(=C2/C=CC(=[N+](C)C)C(C(F)(F)F)=C2)c2ccccc2)cc1. The summed E-state index contributed by atoms with van der Waals surface area (Å²) in [5.41, 5.74) is 2.39. The fraction of sp³-hybridized carbons (Fsp3) is 0.174. The number of allylic oxidation sites excluding steroid dienone is 5. The summed E-state index contributed by atoms with van der Waals surface area (Å²) in [5.74, 6) is 0.690. The molecule has 5 heteroatoms. The van der Waals surface area contributed by atoms with Crippen molar-refractivity contribution in [2.45, 2.75) is 6.18 Å². The first-order valence-electron chi connectivity index (χ1n) is 8.77. The fourth-order valence-corrected chi connectivity index (χ4v) is 3.17. The molecule has 2 nitrogen and oxygen atoms in total. The monoisotopic (exact) mass is 384 g/mol. The summed E-state index contributed by atoms with van der Waals surface area (Å²) in [4.78, 5) is 0. The minimum Gasteiger partial charge on any atom is -0.497 e. The van der Waals surface area contributed by atoms with Crippen LogP contribution in [-0.2, 0) is 0 Å². The van der Waals surface area contributed by atoms with Crippen LogP contribution in [0, 0.1) is 0 Å². The van der Waals surface area contributed by atoms with E-state index in [4.69, 9.17) is 4.74 Å². The Balaban J connectivity index is 2.27. The van der Waals surface area contributed by atoms with E-state index in [1.807, 2.05) is 42.5 Å². The van der Waals surface area contributed by atoms with Crippen molar-refractivity contribution in [1.82, 2.24) is 0 Å². The van der Waals surface area contributed by atoms with Crippen molar-refractivity contribution in [1.29, 1.82) is 0 Å². The van der Waals surface area contributed by atoms with Gasteiger partial charge in [0.15, 0.2) is 0 Å². The largest absolute Gasteiger partial charge is 0.497 e. The summed E-state index contributed by atoms with van der Waals surface area (Å²) < 4.78 is 47.8. The molecule has 0 radical (unpaired) electrons. The maximum atomic E-state index is 13.7. The van der Waals surface area contributed by atoms with Crippen molar-refractivity contribution in [3.8, 4) is 5.75 Å². The van der Waals surface area contributed by atoms with Crippen LogP contribution in [0.1, 0.15) is 11.1 Å². The van der Waals surface area contributed by atoms with Gasteiger partial charge < -0.3 is 4.74 Å². The molecule has 0 aliphatic heterocycles. The second-order valence-corrected chi connectivity index (χ2v) is 6.59. The zero-order chi connectivity index (χ0) is 20.3. The Labute approximate surface area is 162 Å². The van der Waals surface area contributed by atoms with Gasteiger partial charge in [0.1, 0.15) is 25.4 Å². The van der Waals surface area contributed by atoms with Crippen molar-refractivity contribution in [3.05, 3.63) is 95.1 Å². The molecule has 1 aliphatic carbocycles. The third-order valence-corrected chi connectivity index (χ3v) is 4.51. The van der Waals surface area contributed by atoms with Crippen molar-refractivity contribution in [3.63, 3.8) is 0 Å². The lowest BCUT2D eigenvalue weighted by Crippen LogP contribution is -2.26. The van der Waals surface area contributed by atoms with Gasteiger partial charge >= 0.3 is 6.18 Å². The minimum atomic E-state index is -4.45. The van der Waals surface area contributed by atoms with Crippen molar-refractivity contribution in [2.24, 2.45) is 0 Å². The van der Waals surface area contributed by atoms with Gasteiger partial charge in [-0.15, -0.1) is 0 Å². The summed E-state index contributed by atoms with van der Waals surface area (Å²) in [7, 11) is 4.79. The number of benzene rings is 2. The topological polar surface area (TPSA) is 12.2 Å². The lowest BCUT2D eigenvalue weighted by atomic mass is 9.88. The highest BCUT2D eigenvalue weighted by Crippen LogP contribution is 2.35. The average molecular weight is 384 g/mol. The zero-order valence-corrected chi connectivity index (χ0v) is 15.9. The van der Waals surface area contributed by atoms with Crippen molar-refractivity contribution >= 4 is 11.3 Å². The third kappa shape index (κ3) is 4.09. The standard InChI is InChI=1S/C23H21F3NO/c1-27(2)21-14-11-18(15-20(21)23(24,25)26)22(16-7-5-4-6-8-16)17-9-12-19(28-3)13-10-17/h4-15H,1-3H3/q+1/b22-18-. The lowest BCUT2D eigenvalue weighted by Gasteiger charge is -2.18. The van der Waals surface area contributed by atoms with Gasteiger partial charge in [-0.1, -0.05) is 42.5 Å². The minimum absolute atomic E-state index is 0.137. The van der Waals surface area contributed by atoms with Crippen LogP contribution in [0.25, 0.3) is 5.57 Å². The molecule has 0 unspecified atom stereocenters. The molecule has 28 heavy (non-hydrogen) atoms. The first kappa shape index (κ1) is 19.7. The highest BCUT2D eigenvalue weighted by molar-refractivity contribution is 6.09. The summed E-state index contributed by atoms with van der Waals surface area (Å²) in [5, 5.41) is 0. The number of hydrogen-bond acceptors (Lipinski definition) is 1. The molecule has 0 spiro atoms. The molecule has 0 aromatic heterocycles. The molecule has 1 aliphatic rings. The van der Waals surface area contributed by atoms with E-state index < -0.39 is 11.7 Å². The van der Waals surface area contributed by atoms with E-state index in [0.717, 1.165) is 16.7 Å². The van der Waals surface area contributed by atoms with Crippen LogP contribution in [0.2, 0.25) is 0 Å². The van der Waals surface area contributed by atoms with E-state index in [0.29, 0.717) is 11.3 Å². The molecular formula is C23H21F3NO+. The Morgan fingerprint density at radius 2 is 1.46 bits per heavy atom. The first-order valence-corrected chi connectivity index (χ1v) is 8.77. The zero-order valence-electron chi connectivity index (χ0n) is 15.9. The Hall–Kier alpha value is -3.08. The van der Waals surface area contributed by atoms with Crippen molar-refractivity contribution < 1.29 is 22.5 Å². The summed E-state index contributed by atoms with van der Waals surface area (Å²) in [6.45, 7) is 0. The quantitative estimate of drug-likeness (QED) is 0.657. The number of hydrogen-bond donors (Lipinski definition) is 0. The third-order valence-electron chi connectivity index (χ3n) is 4.51.